The first kappa shape index (κ1) is 17.6. The lowest BCUT2D eigenvalue weighted by molar-refractivity contribution is 0.0165. The number of hydrogen-bond acceptors (Lipinski definition) is 4. The summed E-state index contributed by atoms with van der Waals surface area (Å²) in [4.78, 5) is 4.90. The van der Waals surface area contributed by atoms with E-state index < -0.39 is 0 Å². The van der Waals surface area contributed by atoms with E-state index in [0.29, 0.717) is 5.75 Å². The molecule has 0 atom stereocenters. The zero-order valence-corrected chi connectivity index (χ0v) is 14.6. The SMILES string of the molecule is COc1cc(CN2CCC(CO)(CN3CCCC3)CC2)ccc1F. The van der Waals surface area contributed by atoms with Crippen LogP contribution < -0.4 is 4.74 Å². The van der Waals surface area contributed by atoms with Crippen LogP contribution in [-0.4, -0.2) is 61.3 Å². The molecule has 0 aromatic heterocycles. The summed E-state index contributed by atoms with van der Waals surface area (Å²) < 4.78 is 18.6. The highest BCUT2D eigenvalue weighted by molar-refractivity contribution is 5.30. The largest absolute Gasteiger partial charge is 0.494 e. The number of ether oxygens (including phenoxy) is 1. The minimum absolute atomic E-state index is 0.0569. The molecule has 0 radical (unpaired) electrons. The Morgan fingerprint density at radius 2 is 1.83 bits per heavy atom. The van der Waals surface area contributed by atoms with Crippen molar-refractivity contribution in [2.75, 3.05) is 46.4 Å². The molecule has 0 amide bonds. The van der Waals surface area contributed by atoms with Gasteiger partial charge in [0.2, 0.25) is 0 Å². The molecule has 0 bridgehead atoms. The quantitative estimate of drug-likeness (QED) is 0.866. The smallest absolute Gasteiger partial charge is 0.165 e. The summed E-state index contributed by atoms with van der Waals surface area (Å²) in [5, 5.41) is 9.97. The molecule has 2 fully saturated rings. The normalized spacial score (nSPS) is 22.0. The van der Waals surface area contributed by atoms with E-state index in [1.54, 1.807) is 6.07 Å². The van der Waals surface area contributed by atoms with Gasteiger partial charge in [0.15, 0.2) is 11.6 Å². The highest BCUT2D eigenvalue weighted by Crippen LogP contribution is 2.33. The molecular weight excluding hydrogens is 307 g/mol. The van der Waals surface area contributed by atoms with E-state index in [1.165, 1.54) is 39.1 Å². The third-order valence-electron chi connectivity index (χ3n) is 5.63. The zero-order chi connectivity index (χ0) is 17.0. The fourth-order valence-electron chi connectivity index (χ4n) is 4.03. The summed E-state index contributed by atoms with van der Waals surface area (Å²) in [5.74, 6) is -0.00643. The van der Waals surface area contributed by atoms with Crippen LogP contribution in [0, 0.1) is 11.2 Å². The standard InChI is InChI=1S/C19H29FN2O2/c1-24-18-12-16(4-5-17(18)20)13-21-10-6-19(15-23,7-11-21)14-22-8-2-3-9-22/h4-5,12,23H,2-3,6-11,13-15H2,1H3. The first-order valence-electron chi connectivity index (χ1n) is 9.02. The van der Waals surface area contributed by atoms with E-state index in [2.05, 4.69) is 9.80 Å². The van der Waals surface area contributed by atoms with E-state index in [1.807, 2.05) is 6.07 Å². The average molecular weight is 336 g/mol. The van der Waals surface area contributed by atoms with Crippen LogP contribution in [-0.2, 0) is 6.54 Å². The topological polar surface area (TPSA) is 35.9 Å². The number of halogens is 1. The third-order valence-corrected chi connectivity index (χ3v) is 5.63. The molecule has 24 heavy (non-hydrogen) atoms. The Kier molecular flexibility index (Phi) is 5.74. The lowest BCUT2D eigenvalue weighted by Crippen LogP contribution is -2.47. The van der Waals surface area contributed by atoms with Gasteiger partial charge >= 0.3 is 0 Å². The van der Waals surface area contributed by atoms with Gasteiger partial charge in [-0.1, -0.05) is 6.07 Å². The van der Waals surface area contributed by atoms with Gasteiger partial charge in [-0.25, -0.2) is 4.39 Å². The minimum atomic E-state index is -0.315. The maximum atomic E-state index is 13.5. The van der Waals surface area contributed by atoms with Crippen molar-refractivity contribution >= 4 is 0 Å². The van der Waals surface area contributed by atoms with E-state index in [4.69, 9.17) is 4.74 Å². The Hall–Kier alpha value is -1.17. The Labute approximate surface area is 144 Å². The Morgan fingerprint density at radius 3 is 2.46 bits per heavy atom. The van der Waals surface area contributed by atoms with Crippen molar-refractivity contribution in [3.8, 4) is 5.75 Å². The number of hydrogen-bond donors (Lipinski definition) is 1. The highest BCUT2D eigenvalue weighted by Gasteiger charge is 2.36. The van der Waals surface area contributed by atoms with Gasteiger partial charge < -0.3 is 14.7 Å². The van der Waals surface area contributed by atoms with Gasteiger partial charge in [-0.3, -0.25) is 4.90 Å². The van der Waals surface area contributed by atoms with Crippen LogP contribution in [0.1, 0.15) is 31.2 Å². The van der Waals surface area contributed by atoms with Crippen LogP contribution in [0.3, 0.4) is 0 Å². The van der Waals surface area contributed by atoms with Crippen molar-refractivity contribution in [2.24, 2.45) is 5.41 Å². The Balaban J connectivity index is 1.55. The second kappa shape index (κ2) is 7.81. The van der Waals surface area contributed by atoms with Crippen LogP contribution >= 0.6 is 0 Å². The van der Waals surface area contributed by atoms with Crippen LogP contribution in [0.2, 0.25) is 0 Å². The van der Waals surface area contributed by atoms with Crippen molar-refractivity contribution in [1.29, 1.82) is 0 Å². The number of benzene rings is 1. The summed E-state index contributed by atoms with van der Waals surface area (Å²) in [6, 6.07) is 5.09. The molecular formula is C19H29FN2O2. The molecule has 0 saturated carbocycles. The van der Waals surface area contributed by atoms with Gasteiger partial charge in [-0.15, -0.1) is 0 Å². The molecule has 1 aromatic rings. The summed E-state index contributed by atoms with van der Waals surface area (Å²) in [5.41, 5.74) is 1.13. The van der Waals surface area contributed by atoms with Crippen molar-refractivity contribution in [1.82, 2.24) is 9.80 Å². The fourth-order valence-corrected chi connectivity index (χ4v) is 4.03. The number of rotatable bonds is 6. The third kappa shape index (κ3) is 4.08. The lowest BCUT2D eigenvalue weighted by atomic mass is 9.78. The maximum absolute atomic E-state index is 13.5. The number of nitrogens with zero attached hydrogens (tertiary/aromatic N) is 2. The van der Waals surface area contributed by atoms with Crippen molar-refractivity contribution in [2.45, 2.75) is 32.2 Å². The molecule has 1 aromatic carbocycles. The van der Waals surface area contributed by atoms with Gasteiger partial charge in [-0.05, 0) is 69.6 Å². The molecule has 2 aliphatic heterocycles. The summed E-state index contributed by atoms with van der Waals surface area (Å²) >= 11 is 0. The predicted molar refractivity (Wildman–Crippen MR) is 92.7 cm³/mol. The monoisotopic (exact) mass is 336 g/mol. The Bertz CT molecular complexity index is 538. The molecule has 2 heterocycles. The summed E-state index contributed by atoms with van der Waals surface area (Å²) in [7, 11) is 1.50. The number of piperidine rings is 1. The van der Waals surface area contributed by atoms with Crippen LogP contribution in [0.5, 0.6) is 5.75 Å². The summed E-state index contributed by atoms with van der Waals surface area (Å²) in [6.45, 7) is 6.44. The van der Waals surface area contributed by atoms with Crippen molar-refractivity contribution in [3.63, 3.8) is 0 Å². The molecule has 5 heteroatoms. The van der Waals surface area contributed by atoms with Crippen LogP contribution in [0.4, 0.5) is 4.39 Å². The number of aliphatic hydroxyl groups excluding tert-OH is 1. The molecule has 4 nitrogen and oxygen atoms in total. The molecule has 134 valence electrons. The molecule has 1 N–H and O–H groups in total. The predicted octanol–water partition coefficient (Wildman–Crippen LogP) is 2.50. The second-order valence-electron chi connectivity index (χ2n) is 7.39. The van der Waals surface area contributed by atoms with E-state index >= 15 is 0 Å². The number of methoxy groups -OCH3 is 1. The molecule has 3 rings (SSSR count). The first-order chi connectivity index (χ1) is 11.6. The lowest BCUT2D eigenvalue weighted by Gasteiger charge is -2.42. The number of likely N-dealkylation sites (tertiary alicyclic amines) is 2. The maximum Gasteiger partial charge on any atom is 0.165 e. The molecule has 0 aliphatic carbocycles. The zero-order valence-electron chi connectivity index (χ0n) is 14.6. The van der Waals surface area contributed by atoms with Gasteiger partial charge in [-0.2, -0.15) is 0 Å². The summed E-state index contributed by atoms with van der Waals surface area (Å²) in [6.07, 6.45) is 4.64. The van der Waals surface area contributed by atoms with Crippen LogP contribution in [0.15, 0.2) is 18.2 Å². The van der Waals surface area contributed by atoms with Gasteiger partial charge in [0, 0.05) is 18.5 Å². The molecule has 2 saturated heterocycles. The minimum Gasteiger partial charge on any atom is -0.494 e. The van der Waals surface area contributed by atoms with Crippen molar-refractivity contribution in [3.05, 3.63) is 29.6 Å². The fraction of sp³-hybridized carbons (Fsp3) is 0.684. The molecule has 0 spiro atoms. The Morgan fingerprint density at radius 1 is 1.12 bits per heavy atom. The van der Waals surface area contributed by atoms with E-state index in [0.717, 1.165) is 44.6 Å². The van der Waals surface area contributed by atoms with Gasteiger partial charge in [0.25, 0.3) is 0 Å². The van der Waals surface area contributed by atoms with E-state index in [9.17, 15) is 9.50 Å². The average Bonchev–Trinajstić information content (AvgIpc) is 3.11. The van der Waals surface area contributed by atoms with Gasteiger partial charge in [0.05, 0.1) is 13.7 Å². The molecule has 2 aliphatic rings. The van der Waals surface area contributed by atoms with Crippen LogP contribution in [0.25, 0.3) is 0 Å². The van der Waals surface area contributed by atoms with Crippen molar-refractivity contribution < 1.29 is 14.2 Å². The van der Waals surface area contributed by atoms with E-state index in [-0.39, 0.29) is 17.8 Å². The first-order valence-corrected chi connectivity index (χ1v) is 9.02. The molecule has 0 unspecified atom stereocenters. The number of aliphatic hydroxyl groups is 1. The van der Waals surface area contributed by atoms with Gasteiger partial charge in [0.1, 0.15) is 0 Å². The highest BCUT2D eigenvalue weighted by atomic mass is 19.1. The second-order valence-corrected chi connectivity index (χ2v) is 7.39.